The number of hydrogen-bond donors (Lipinski definition) is 0. The molecule has 184 valence electrons. The Balaban J connectivity index is 1.12. The summed E-state index contributed by atoms with van der Waals surface area (Å²) in [5.74, 6) is 0.301. The monoisotopic (exact) mass is 504 g/mol. The standard InChI is InChI=1S/C28H26ClFN4O2/c29-25-7-4-8-26(30)24(25)19-32-15-17-33(18-16-32)28(35)27-13-14-34(31-27)20-36-23-11-9-22(10-12-23)21-5-2-1-3-6-21/h1-14H,15-20H2. The number of carbonyl (C=O) groups is 1. The zero-order chi connectivity index (χ0) is 24.9. The molecule has 5 rings (SSSR count). The molecule has 0 N–H and O–H groups in total. The fraction of sp³-hybridized carbons (Fsp3) is 0.214. The first-order chi connectivity index (χ1) is 17.6. The predicted molar refractivity (Wildman–Crippen MR) is 137 cm³/mol. The van der Waals surface area contributed by atoms with Gasteiger partial charge < -0.3 is 9.64 Å². The molecule has 1 amide bonds. The van der Waals surface area contributed by atoms with Crippen molar-refractivity contribution in [2.75, 3.05) is 26.2 Å². The predicted octanol–water partition coefficient (Wildman–Crippen LogP) is 5.34. The van der Waals surface area contributed by atoms with Crippen molar-refractivity contribution in [3.63, 3.8) is 0 Å². The first kappa shape index (κ1) is 24.0. The number of amides is 1. The Morgan fingerprint density at radius 1 is 0.889 bits per heavy atom. The van der Waals surface area contributed by atoms with Crippen LogP contribution in [0.15, 0.2) is 85.1 Å². The third-order valence-electron chi connectivity index (χ3n) is 6.29. The minimum Gasteiger partial charge on any atom is -0.471 e. The quantitative estimate of drug-likeness (QED) is 0.341. The highest BCUT2D eigenvalue weighted by atomic mass is 35.5. The minimum absolute atomic E-state index is 0.121. The van der Waals surface area contributed by atoms with Crippen molar-refractivity contribution in [3.05, 3.63) is 107 Å². The van der Waals surface area contributed by atoms with E-state index in [0.717, 1.165) is 16.9 Å². The topological polar surface area (TPSA) is 50.6 Å². The Morgan fingerprint density at radius 2 is 1.61 bits per heavy atom. The summed E-state index contributed by atoms with van der Waals surface area (Å²) in [5.41, 5.74) is 3.14. The van der Waals surface area contributed by atoms with Gasteiger partial charge >= 0.3 is 0 Å². The van der Waals surface area contributed by atoms with Crippen LogP contribution in [-0.4, -0.2) is 51.7 Å². The van der Waals surface area contributed by atoms with Gasteiger partial charge in [0, 0.05) is 49.5 Å². The Hall–Kier alpha value is -3.68. The lowest BCUT2D eigenvalue weighted by Crippen LogP contribution is -2.48. The maximum atomic E-state index is 14.1. The smallest absolute Gasteiger partial charge is 0.274 e. The second-order valence-electron chi connectivity index (χ2n) is 8.67. The molecule has 6 nitrogen and oxygen atoms in total. The Morgan fingerprint density at radius 3 is 2.33 bits per heavy atom. The van der Waals surface area contributed by atoms with E-state index >= 15 is 0 Å². The number of halogens is 2. The van der Waals surface area contributed by atoms with Crippen molar-refractivity contribution < 1.29 is 13.9 Å². The summed E-state index contributed by atoms with van der Waals surface area (Å²) >= 11 is 6.16. The van der Waals surface area contributed by atoms with E-state index in [2.05, 4.69) is 22.1 Å². The van der Waals surface area contributed by atoms with Crippen molar-refractivity contribution in [1.82, 2.24) is 19.6 Å². The number of nitrogens with zero attached hydrogens (tertiary/aromatic N) is 4. The van der Waals surface area contributed by atoms with Crippen LogP contribution >= 0.6 is 11.6 Å². The van der Waals surface area contributed by atoms with Gasteiger partial charge in [-0.2, -0.15) is 5.10 Å². The zero-order valence-corrected chi connectivity index (χ0v) is 20.4. The molecule has 1 fully saturated rings. The number of piperazine rings is 1. The van der Waals surface area contributed by atoms with Crippen molar-refractivity contribution in [2.45, 2.75) is 13.3 Å². The molecule has 1 aromatic heterocycles. The van der Waals surface area contributed by atoms with E-state index in [4.69, 9.17) is 16.3 Å². The molecular weight excluding hydrogens is 479 g/mol. The van der Waals surface area contributed by atoms with Crippen LogP contribution < -0.4 is 4.74 Å². The van der Waals surface area contributed by atoms with Crippen LogP contribution in [0.4, 0.5) is 4.39 Å². The largest absolute Gasteiger partial charge is 0.471 e. The molecule has 0 aliphatic carbocycles. The number of carbonyl (C=O) groups excluding carboxylic acids is 1. The molecule has 0 bridgehead atoms. The molecule has 0 spiro atoms. The highest BCUT2D eigenvalue weighted by Gasteiger charge is 2.24. The number of benzene rings is 3. The van der Waals surface area contributed by atoms with Crippen molar-refractivity contribution in [3.8, 4) is 16.9 Å². The molecule has 3 aromatic carbocycles. The number of ether oxygens (including phenoxy) is 1. The second kappa shape index (κ2) is 10.9. The first-order valence-corrected chi connectivity index (χ1v) is 12.2. The highest BCUT2D eigenvalue weighted by molar-refractivity contribution is 6.31. The molecule has 4 aromatic rings. The molecule has 36 heavy (non-hydrogen) atoms. The fourth-order valence-electron chi connectivity index (χ4n) is 4.24. The van der Waals surface area contributed by atoms with E-state index in [-0.39, 0.29) is 18.5 Å². The van der Waals surface area contributed by atoms with E-state index < -0.39 is 0 Å². The third-order valence-corrected chi connectivity index (χ3v) is 6.64. The Labute approximate surface area is 214 Å². The number of hydrogen-bond acceptors (Lipinski definition) is 4. The van der Waals surface area contributed by atoms with Crippen molar-refractivity contribution >= 4 is 17.5 Å². The minimum atomic E-state index is -0.305. The first-order valence-electron chi connectivity index (χ1n) is 11.8. The summed E-state index contributed by atoms with van der Waals surface area (Å²) in [5, 5.41) is 4.82. The molecular formula is C28H26ClFN4O2. The van der Waals surface area contributed by atoms with Crippen molar-refractivity contribution in [2.24, 2.45) is 0 Å². The van der Waals surface area contributed by atoms with Crippen LogP contribution in [-0.2, 0) is 13.3 Å². The van der Waals surface area contributed by atoms with Crippen LogP contribution in [0.25, 0.3) is 11.1 Å². The van der Waals surface area contributed by atoms with Gasteiger partial charge in [0.15, 0.2) is 12.4 Å². The Bertz CT molecular complexity index is 1300. The number of aromatic nitrogens is 2. The van der Waals surface area contributed by atoms with Gasteiger partial charge in [-0.05, 0) is 41.5 Å². The summed E-state index contributed by atoms with van der Waals surface area (Å²) in [6, 6.07) is 24.4. The van der Waals surface area contributed by atoms with E-state index in [1.807, 2.05) is 42.5 Å². The van der Waals surface area contributed by atoms with Crippen LogP contribution in [0.2, 0.25) is 5.02 Å². The maximum absolute atomic E-state index is 14.1. The van der Waals surface area contributed by atoms with E-state index in [1.54, 1.807) is 34.0 Å². The van der Waals surface area contributed by atoms with Gasteiger partial charge in [0.05, 0.1) is 0 Å². The zero-order valence-electron chi connectivity index (χ0n) is 19.7. The van der Waals surface area contributed by atoms with Crippen molar-refractivity contribution in [1.29, 1.82) is 0 Å². The summed E-state index contributed by atoms with van der Waals surface area (Å²) in [7, 11) is 0. The molecule has 1 aliphatic heterocycles. The lowest BCUT2D eigenvalue weighted by molar-refractivity contribution is 0.0619. The Kier molecular flexibility index (Phi) is 7.30. The van der Waals surface area contributed by atoms with Gasteiger partial charge in [-0.15, -0.1) is 0 Å². The van der Waals surface area contributed by atoms with Gasteiger partial charge in [0.2, 0.25) is 0 Å². The van der Waals surface area contributed by atoms with Crippen LogP contribution in [0, 0.1) is 5.82 Å². The maximum Gasteiger partial charge on any atom is 0.274 e. The van der Waals surface area contributed by atoms with E-state index in [0.29, 0.717) is 49.0 Å². The molecule has 0 radical (unpaired) electrons. The van der Waals surface area contributed by atoms with Gasteiger partial charge in [0.1, 0.15) is 11.6 Å². The van der Waals surface area contributed by atoms with E-state index in [9.17, 15) is 9.18 Å². The van der Waals surface area contributed by atoms with Gasteiger partial charge in [-0.3, -0.25) is 9.69 Å². The average molecular weight is 505 g/mol. The molecule has 1 saturated heterocycles. The summed E-state index contributed by atoms with van der Waals surface area (Å²) in [4.78, 5) is 16.8. The number of rotatable bonds is 7. The lowest BCUT2D eigenvalue weighted by Gasteiger charge is -2.34. The molecule has 2 heterocycles. The average Bonchev–Trinajstić information content (AvgIpc) is 3.40. The normalized spacial score (nSPS) is 14.1. The summed E-state index contributed by atoms with van der Waals surface area (Å²) in [6.45, 7) is 2.99. The molecule has 0 saturated carbocycles. The van der Waals surface area contributed by atoms with Gasteiger partial charge in [-0.1, -0.05) is 60.1 Å². The van der Waals surface area contributed by atoms with Gasteiger partial charge in [0.25, 0.3) is 5.91 Å². The lowest BCUT2D eigenvalue weighted by atomic mass is 10.1. The van der Waals surface area contributed by atoms with Crippen LogP contribution in [0.1, 0.15) is 16.1 Å². The summed E-state index contributed by atoms with van der Waals surface area (Å²) in [6.07, 6.45) is 1.74. The molecule has 8 heteroatoms. The second-order valence-corrected chi connectivity index (χ2v) is 9.08. The SMILES string of the molecule is O=C(c1ccn(COc2ccc(-c3ccccc3)cc2)n1)N1CCN(Cc2c(F)cccc2Cl)CC1. The molecule has 0 atom stereocenters. The van der Waals surface area contributed by atoms with E-state index in [1.165, 1.54) is 6.07 Å². The van der Waals surface area contributed by atoms with Gasteiger partial charge in [-0.25, -0.2) is 9.07 Å². The third kappa shape index (κ3) is 5.58. The van der Waals surface area contributed by atoms with Crippen LogP contribution in [0.5, 0.6) is 5.75 Å². The van der Waals surface area contributed by atoms with Crippen LogP contribution in [0.3, 0.4) is 0 Å². The molecule has 0 unspecified atom stereocenters. The highest BCUT2D eigenvalue weighted by Crippen LogP contribution is 2.23. The fourth-order valence-corrected chi connectivity index (χ4v) is 4.46. The molecule has 1 aliphatic rings. The summed E-state index contributed by atoms with van der Waals surface area (Å²) < 4.78 is 21.5.